The number of likely N-dealkylation sites (tertiary alicyclic amines) is 1. The second-order valence-corrected chi connectivity index (χ2v) is 5.17. The lowest BCUT2D eigenvalue weighted by molar-refractivity contribution is -0.131. The van der Waals surface area contributed by atoms with Gasteiger partial charge >= 0.3 is 0 Å². The Morgan fingerprint density at radius 1 is 1.43 bits per heavy atom. The number of piperidine rings is 1. The van der Waals surface area contributed by atoms with Crippen molar-refractivity contribution < 1.29 is 14.7 Å². The minimum atomic E-state index is 0.0605. The summed E-state index contributed by atoms with van der Waals surface area (Å²) in [4.78, 5) is 14.2. The summed E-state index contributed by atoms with van der Waals surface area (Å²) >= 11 is 0. The molecule has 2 rings (SSSR count). The Balaban J connectivity index is 1.93. The molecule has 1 saturated heterocycles. The number of hydrogen-bond donors (Lipinski definition) is 2. The van der Waals surface area contributed by atoms with E-state index < -0.39 is 0 Å². The molecule has 0 aromatic heterocycles. The summed E-state index contributed by atoms with van der Waals surface area (Å²) < 4.78 is 5.27. The molecule has 1 aromatic rings. The number of hydrogen-bond acceptors (Lipinski definition) is 4. The van der Waals surface area contributed by atoms with Crippen molar-refractivity contribution >= 4 is 11.7 Å². The molecular formula is C15H21N3O3. The topological polar surface area (TPSA) is 88.2 Å². The molecule has 3 N–H and O–H groups in total. The van der Waals surface area contributed by atoms with Crippen LogP contribution in [0.4, 0.5) is 0 Å². The maximum Gasteiger partial charge on any atom is 0.227 e. The van der Waals surface area contributed by atoms with Crippen molar-refractivity contribution in [1.29, 1.82) is 0 Å². The molecule has 1 aliphatic rings. The molecule has 6 nitrogen and oxygen atoms in total. The van der Waals surface area contributed by atoms with E-state index in [4.69, 9.17) is 15.7 Å². The zero-order valence-electron chi connectivity index (χ0n) is 12.2. The van der Waals surface area contributed by atoms with E-state index in [0.29, 0.717) is 19.5 Å². The Bertz CT molecular complexity index is 523. The summed E-state index contributed by atoms with van der Waals surface area (Å²) in [6.45, 7) is 1.27. The van der Waals surface area contributed by atoms with E-state index in [-0.39, 0.29) is 17.7 Å². The number of ether oxygens (including phenoxy) is 1. The molecule has 114 valence electrons. The molecule has 0 spiro atoms. The van der Waals surface area contributed by atoms with Crippen LogP contribution < -0.4 is 10.5 Å². The third kappa shape index (κ3) is 3.65. The van der Waals surface area contributed by atoms with Crippen molar-refractivity contribution in [3.05, 3.63) is 29.8 Å². The number of nitrogens with two attached hydrogens (primary N) is 1. The van der Waals surface area contributed by atoms with Crippen LogP contribution >= 0.6 is 0 Å². The average Bonchev–Trinajstić information content (AvgIpc) is 2.54. The molecule has 0 unspecified atom stereocenters. The van der Waals surface area contributed by atoms with E-state index in [1.165, 1.54) is 0 Å². The lowest BCUT2D eigenvalue weighted by atomic mass is 9.95. The Hall–Kier alpha value is -2.24. The largest absolute Gasteiger partial charge is 0.496 e. The number of para-hydroxylation sites is 1. The standard InChI is InChI=1S/C15H21N3O3/c1-21-13-5-3-2-4-12(13)10-14(19)18-8-6-11(7-9-18)15(16)17-20/h2-5,11,20H,6-10H2,1H3,(H2,16,17). The molecule has 21 heavy (non-hydrogen) atoms. The van der Waals surface area contributed by atoms with Crippen LogP contribution in [0.1, 0.15) is 18.4 Å². The van der Waals surface area contributed by atoms with Crippen LogP contribution in [0.15, 0.2) is 29.4 Å². The average molecular weight is 291 g/mol. The minimum absolute atomic E-state index is 0.0605. The molecule has 0 atom stereocenters. The van der Waals surface area contributed by atoms with Crippen LogP contribution in [-0.2, 0) is 11.2 Å². The number of benzene rings is 1. The summed E-state index contributed by atoms with van der Waals surface area (Å²) in [7, 11) is 1.60. The van der Waals surface area contributed by atoms with Gasteiger partial charge in [-0.2, -0.15) is 0 Å². The first-order chi connectivity index (χ1) is 10.2. The quantitative estimate of drug-likeness (QED) is 0.378. The van der Waals surface area contributed by atoms with Crippen LogP contribution in [0, 0.1) is 5.92 Å². The molecule has 1 fully saturated rings. The zero-order chi connectivity index (χ0) is 15.2. The van der Waals surface area contributed by atoms with E-state index in [2.05, 4.69) is 5.16 Å². The molecule has 6 heteroatoms. The van der Waals surface area contributed by atoms with E-state index in [9.17, 15) is 4.79 Å². The van der Waals surface area contributed by atoms with Gasteiger partial charge in [-0.25, -0.2) is 0 Å². The van der Waals surface area contributed by atoms with Crippen molar-refractivity contribution in [2.75, 3.05) is 20.2 Å². The van der Waals surface area contributed by atoms with Gasteiger partial charge in [0.2, 0.25) is 5.91 Å². The summed E-state index contributed by atoms with van der Waals surface area (Å²) in [5, 5.41) is 11.7. The predicted molar refractivity (Wildman–Crippen MR) is 79.4 cm³/mol. The van der Waals surface area contributed by atoms with Gasteiger partial charge in [0, 0.05) is 24.6 Å². The third-order valence-electron chi connectivity index (χ3n) is 3.92. The number of amides is 1. The number of amidine groups is 1. The van der Waals surface area contributed by atoms with Crippen molar-refractivity contribution in [2.24, 2.45) is 16.8 Å². The highest BCUT2D eigenvalue weighted by Crippen LogP contribution is 2.21. The zero-order valence-corrected chi connectivity index (χ0v) is 12.2. The summed E-state index contributed by atoms with van der Waals surface area (Å²) in [5.41, 5.74) is 6.50. The van der Waals surface area contributed by atoms with E-state index >= 15 is 0 Å². The minimum Gasteiger partial charge on any atom is -0.496 e. The van der Waals surface area contributed by atoms with Crippen LogP contribution in [0.2, 0.25) is 0 Å². The highest BCUT2D eigenvalue weighted by molar-refractivity contribution is 5.83. The number of oxime groups is 1. The van der Waals surface area contributed by atoms with Gasteiger partial charge in [0.25, 0.3) is 0 Å². The highest BCUT2D eigenvalue weighted by atomic mass is 16.5. The highest BCUT2D eigenvalue weighted by Gasteiger charge is 2.25. The number of carbonyl (C=O) groups excluding carboxylic acids is 1. The first-order valence-electron chi connectivity index (χ1n) is 7.02. The van der Waals surface area contributed by atoms with Gasteiger partial charge in [0.15, 0.2) is 0 Å². The van der Waals surface area contributed by atoms with Crippen LogP contribution in [0.25, 0.3) is 0 Å². The summed E-state index contributed by atoms with van der Waals surface area (Å²) in [5.74, 6) is 1.13. The van der Waals surface area contributed by atoms with Crippen LogP contribution in [-0.4, -0.2) is 42.0 Å². The van der Waals surface area contributed by atoms with E-state index in [1.54, 1.807) is 7.11 Å². The molecule has 0 aliphatic carbocycles. The van der Waals surface area contributed by atoms with Gasteiger partial charge in [0.05, 0.1) is 13.5 Å². The lowest BCUT2D eigenvalue weighted by Gasteiger charge is -2.31. The number of carbonyl (C=O) groups is 1. The maximum absolute atomic E-state index is 12.3. The maximum atomic E-state index is 12.3. The molecule has 1 aliphatic heterocycles. The summed E-state index contributed by atoms with van der Waals surface area (Å²) in [6.07, 6.45) is 1.79. The molecule has 1 heterocycles. The third-order valence-corrected chi connectivity index (χ3v) is 3.92. The number of rotatable bonds is 4. The summed E-state index contributed by atoms with van der Waals surface area (Å²) in [6, 6.07) is 7.54. The van der Waals surface area contributed by atoms with Gasteiger partial charge < -0.3 is 20.6 Å². The normalized spacial score (nSPS) is 16.8. The fraction of sp³-hybridized carbons (Fsp3) is 0.467. The Kier molecular flexibility index (Phi) is 5.03. The number of methoxy groups -OCH3 is 1. The van der Waals surface area contributed by atoms with Crippen molar-refractivity contribution in [2.45, 2.75) is 19.3 Å². The lowest BCUT2D eigenvalue weighted by Crippen LogP contribution is -2.42. The fourth-order valence-electron chi connectivity index (χ4n) is 2.63. The monoisotopic (exact) mass is 291 g/mol. The van der Waals surface area contributed by atoms with Crippen molar-refractivity contribution in [1.82, 2.24) is 4.90 Å². The predicted octanol–water partition coefficient (Wildman–Crippen LogP) is 1.22. The second kappa shape index (κ2) is 6.97. The molecular weight excluding hydrogens is 270 g/mol. The van der Waals surface area contributed by atoms with E-state index in [0.717, 1.165) is 24.2 Å². The van der Waals surface area contributed by atoms with Gasteiger partial charge in [-0.15, -0.1) is 0 Å². The fourth-order valence-corrected chi connectivity index (χ4v) is 2.63. The first-order valence-corrected chi connectivity index (χ1v) is 7.02. The molecule has 0 radical (unpaired) electrons. The van der Waals surface area contributed by atoms with Crippen molar-refractivity contribution in [3.63, 3.8) is 0 Å². The smallest absolute Gasteiger partial charge is 0.227 e. The SMILES string of the molecule is COc1ccccc1CC(=O)N1CCC(C(N)=NO)CC1. The molecule has 1 aromatic carbocycles. The van der Waals surface area contributed by atoms with Gasteiger partial charge in [-0.1, -0.05) is 23.4 Å². The van der Waals surface area contributed by atoms with Crippen LogP contribution in [0.3, 0.4) is 0 Å². The second-order valence-electron chi connectivity index (χ2n) is 5.17. The van der Waals surface area contributed by atoms with Gasteiger partial charge in [0.1, 0.15) is 11.6 Å². The molecule has 0 bridgehead atoms. The van der Waals surface area contributed by atoms with Gasteiger partial charge in [-0.05, 0) is 18.9 Å². The molecule has 0 saturated carbocycles. The Labute approximate surface area is 124 Å². The Morgan fingerprint density at radius 3 is 2.71 bits per heavy atom. The van der Waals surface area contributed by atoms with Crippen LogP contribution in [0.5, 0.6) is 5.75 Å². The molecule has 1 amide bonds. The number of nitrogens with zero attached hydrogens (tertiary/aromatic N) is 2. The Morgan fingerprint density at radius 2 is 2.10 bits per heavy atom. The van der Waals surface area contributed by atoms with E-state index in [1.807, 2.05) is 29.2 Å². The van der Waals surface area contributed by atoms with Crippen molar-refractivity contribution in [3.8, 4) is 5.75 Å². The van der Waals surface area contributed by atoms with Gasteiger partial charge in [-0.3, -0.25) is 4.79 Å². The first kappa shape index (κ1) is 15.2.